The Morgan fingerprint density at radius 2 is 1.68 bits per heavy atom. The number of carbonyl (C=O) groups excluding carboxylic acids is 1. The van der Waals surface area contributed by atoms with E-state index in [0.717, 1.165) is 21.2 Å². The van der Waals surface area contributed by atoms with Crippen LogP contribution in [0.15, 0.2) is 53.4 Å². The maximum atomic E-state index is 12.2. The van der Waals surface area contributed by atoms with Gasteiger partial charge in [-0.25, -0.2) is 0 Å². The first kappa shape index (κ1) is 19.9. The predicted octanol–water partition coefficient (Wildman–Crippen LogP) is 6.00. The molecule has 0 radical (unpaired) electrons. The van der Waals surface area contributed by atoms with Crippen molar-refractivity contribution in [3.8, 4) is 0 Å². The maximum Gasteiger partial charge on any atom is 0.221 e. The number of amides is 1. The Balaban J connectivity index is 1.80. The molecule has 0 aliphatic rings. The number of halogens is 1. The largest absolute Gasteiger partial charge is 0.350 e. The SMILES string of the molecule is C[C@H](NC(=O)CCSc1ccc(Cl)cc1)c1ccc(C(C)(C)C)cc1. The minimum atomic E-state index is 0.0158. The molecule has 25 heavy (non-hydrogen) atoms. The molecule has 1 amide bonds. The number of nitrogens with one attached hydrogen (secondary N) is 1. The highest BCUT2D eigenvalue weighted by molar-refractivity contribution is 7.99. The molecular formula is C21H26ClNOS. The van der Waals surface area contributed by atoms with Crippen LogP contribution in [-0.2, 0) is 10.2 Å². The summed E-state index contributed by atoms with van der Waals surface area (Å²) >= 11 is 7.54. The Kier molecular flexibility index (Phi) is 6.97. The van der Waals surface area contributed by atoms with Crippen LogP contribution < -0.4 is 5.32 Å². The lowest BCUT2D eigenvalue weighted by molar-refractivity contribution is -0.121. The van der Waals surface area contributed by atoms with E-state index < -0.39 is 0 Å². The second-order valence-electron chi connectivity index (χ2n) is 7.21. The zero-order valence-electron chi connectivity index (χ0n) is 15.3. The molecule has 0 aromatic heterocycles. The Morgan fingerprint density at radius 3 is 2.24 bits per heavy atom. The second kappa shape index (κ2) is 8.77. The summed E-state index contributed by atoms with van der Waals surface area (Å²) in [5, 5.41) is 3.81. The molecule has 0 saturated carbocycles. The molecule has 1 atom stereocenters. The number of hydrogen-bond donors (Lipinski definition) is 1. The summed E-state index contributed by atoms with van der Waals surface area (Å²) in [6.07, 6.45) is 0.498. The molecule has 0 aliphatic heterocycles. The molecule has 4 heteroatoms. The van der Waals surface area contributed by atoms with Gasteiger partial charge in [0.2, 0.25) is 5.91 Å². The van der Waals surface area contributed by atoms with Crippen molar-refractivity contribution >= 4 is 29.3 Å². The van der Waals surface area contributed by atoms with Crippen LogP contribution in [0.3, 0.4) is 0 Å². The van der Waals surface area contributed by atoms with Gasteiger partial charge in [0.05, 0.1) is 6.04 Å². The Morgan fingerprint density at radius 1 is 1.08 bits per heavy atom. The van der Waals surface area contributed by atoms with Crippen LogP contribution in [0.25, 0.3) is 0 Å². The van der Waals surface area contributed by atoms with Crippen LogP contribution in [0.1, 0.15) is 51.3 Å². The minimum absolute atomic E-state index is 0.0158. The first-order valence-corrected chi connectivity index (χ1v) is 9.90. The fraction of sp³-hybridized carbons (Fsp3) is 0.381. The van der Waals surface area contributed by atoms with Crippen molar-refractivity contribution in [3.63, 3.8) is 0 Å². The predicted molar refractivity (Wildman–Crippen MR) is 108 cm³/mol. The molecule has 2 nitrogen and oxygen atoms in total. The van der Waals surface area contributed by atoms with Crippen molar-refractivity contribution in [1.29, 1.82) is 0 Å². The molecule has 1 N–H and O–H groups in total. The van der Waals surface area contributed by atoms with Crippen LogP contribution in [0.4, 0.5) is 0 Å². The molecule has 2 rings (SSSR count). The summed E-state index contributed by atoms with van der Waals surface area (Å²) in [4.78, 5) is 13.3. The van der Waals surface area contributed by atoms with Gasteiger partial charge in [0.1, 0.15) is 0 Å². The third-order valence-electron chi connectivity index (χ3n) is 4.07. The van der Waals surface area contributed by atoms with E-state index in [1.807, 2.05) is 31.2 Å². The van der Waals surface area contributed by atoms with E-state index in [9.17, 15) is 4.79 Å². The molecule has 0 bridgehead atoms. The zero-order valence-corrected chi connectivity index (χ0v) is 16.9. The smallest absolute Gasteiger partial charge is 0.221 e. The van der Waals surface area contributed by atoms with Crippen molar-refractivity contribution < 1.29 is 4.79 Å². The van der Waals surface area contributed by atoms with Gasteiger partial charge in [-0.05, 0) is 47.7 Å². The normalized spacial score (nSPS) is 12.7. The van der Waals surface area contributed by atoms with E-state index in [0.29, 0.717) is 6.42 Å². The lowest BCUT2D eigenvalue weighted by atomic mass is 9.86. The third-order valence-corrected chi connectivity index (χ3v) is 5.33. The maximum absolute atomic E-state index is 12.2. The average Bonchev–Trinajstić information content (AvgIpc) is 2.56. The topological polar surface area (TPSA) is 29.1 Å². The highest BCUT2D eigenvalue weighted by Crippen LogP contribution is 2.24. The molecule has 134 valence electrons. The first-order valence-electron chi connectivity index (χ1n) is 8.54. The van der Waals surface area contributed by atoms with Crippen LogP contribution in [-0.4, -0.2) is 11.7 Å². The molecule has 0 fully saturated rings. The van der Waals surface area contributed by atoms with Gasteiger partial charge >= 0.3 is 0 Å². The zero-order chi connectivity index (χ0) is 18.4. The first-order chi connectivity index (χ1) is 11.8. The van der Waals surface area contributed by atoms with Gasteiger partial charge in [-0.2, -0.15) is 0 Å². The van der Waals surface area contributed by atoms with Gasteiger partial charge in [0, 0.05) is 22.1 Å². The van der Waals surface area contributed by atoms with Gasteiger partial charge in [0.25, 0.3) is 0 Å². The van der Waals surface area contributed by atoms with Crippen LogP contribution in [0.5, 0.6) is 0 Å². The Bertz CT molecular complexity index is 689. The summed E-state index contributed by atoms with van der Waals surface area (Å²) in [6.45, 7) is 8.62. The molecule has 0 heterocycles. The number of thioether (sulfide) groups is 1. The lowest BCUT2D eigenvalue weighted by Gasteiger charge is -2.20. The van der Waals surface area contributed by atoms with Crippen molar-refractivity contribution in [2.75, 3.05) is 5.75 Å². The second-order valence-corrected chi connectivity index (χ2v) is 8.82. The van der Waals surface area contributed by atoms with E-state index in [2.05, 4.69) is 50.4 Å². The van der Waals surface area contributed by atoms with E-state index >= 15 is 0 Å². The summed E-state index contributed by atoms with van der Waals surface area (Å²) in [5.41, 5.74) is 2.57. The number of benzene rings is 2. The van der Waals surface area contributed by atoms with Gasteiger partial charge in [-0.3, -0.25) is 4.79 Å². The number of hydrogen-bond acceptors (Lipinski definition) is 2. The monoisotopic (exact) mass is 375 g/mol. The van der Waals surface area contributed by atoms with Crippen molar-refractivity contribution in [2.24, 2.45) is 0 Å². The summed E-state index contributed by atoms with van der Waals surface area (Å²) in [7, 11) is 0. The van der Waals surface area contributed by atoms with Gasteiger partial charge < -0.3 is 5.32 Å². The quantitative estimate of drug-likeness (QED) is 0.627. The summed E-state index contributed by atoms with van der Waals surface area (Å²) in [5.74, 6) is 0.831. The Hall–Kier alpha value is -1.45. The highest BCUT2D eigenvalue weighted by atomic mass is 35.5. The molecule has 0 aliphatic carbocycles. The summed E-state index contributed by atoms with van der Waals surface area (Å²) < 4.78 is 0. The fourth-order valence-electron chi connectivity index (χ4n) is 2.46. The number of rotatable bonds is 6. The van der Waals surface area contributed by atoms with Gasteiger partial charge in [-0.15, -0.1) is 11.8 Å². The van der Waals surface area contributed by atoms with E-state index in [-0.39, 0.29) is 17.4 Å². The number of carbonyl (C=O) groups is 1. The van der Waals surface area contributed by atoms with Crippen molar-refractivity contribution in [3.05, 3.63) is 64.7 Å². The lowest BCUT2D eigenvalue weighted by Crippen LogP contribution is -2.26. The van der Waals surface area contributed by atoms with Crippen LogP contribution in [0.2, 0.25) is 5.02 Å². The van der Waals surface area contributed by atoms with Crippen molar-refractivity contribution in [2.45, 2.75) is 50.5 Å². The molecule has 0 unspecified atom stereocenters. The molecular weight excluding hydrogens is 350 g/mol. The van der Waals surface area contributed by atoms with E-state index in [4.69, 9.17) is 11.6 Å². The third kappa shape index (κ3) is 6.41. The molecule has 2 aromatic carbocycles. The van der Waals surface area contributed by atoms with Crippen LogP contribution in [0, 0.1) is 0 Å². The van der Waals surface area contributed by atoms with Gasteiger partial charge in [-0.1, -0.05) is 56.6 Å². The van der Waals surface area contributed by atoms with Crippen LogP contribution >= 0.6 is 23.4 Å². The van der Waals surface area contributed by atoms with Crippen molar-refractivity contribution in [1.82, 2.24) is 5.32 Å². The fourth-order valence-corrected chi connectivity index (χ4v) is 3.44. The van der Waals surface area contributed by atoms with Gasteiger partial charge in [0.15, 0.2) is 0 Å². The summed E-state index contributed by atoms with van der Waals surface area (Å²) in [6, 6.07) is 16.2. The Labute approximate surface area is 160 Å². The minimum Gasteiger partial charge on any atom is -0.350 e. The molecule has 2 aromatic rings. The highest BCUT2D eigenvalue weighted by Gasteiger charge is 2.15. The molecule has 0 spiro atoms. The van der Waals surface area contributed by atoms with E-state index in [1.165, 1.54) is 5.56 Å². The average molecular weight is 376 g/mol. The molecule has 0 saturated heterocycles. The van der Waals surface area contributed by atoms with E-state index in [1.54, 1.807) is 11.8 Å². The standard InChI is InChI=1S/C21H26ClNOS/c1-15(16-5-7-17(8-6-16)21(2,3)4)23-20(24)13-14-25-19-11-9-18(22)10-12-19/h5-12,15H,13-14H2,1-4H3,(H,23,24)/t15-/m0/s1.